The van der Waals surface area contributed by atoms with Crippen LogP contribution >= 0.6 is 11.3 Å². The van der Waals surface area contributed by atoms with Crippen LogP contribution in [0.2, 0.25) is 0 Å². The third-order valence-electron chi connectivity index (χ3n) is 5.56. The van der Waals surface area contributed by atoms with Crippen LogP contribution in [0.4, 0.5) is 0 Å². The molecule has 148 valence electrons. The van der Waals surface area contributed by atoms with Gasteiger partial charge in [0.2, 0.25) is 0 Å². The Morgan fingerprint density at radius 1 is 1.14 bits per heavy atom. The molecule has 3 heterocycles. The van der Waals surface area contributed by atoms with Gasteiger partial charge in [0, 0.05) is 29.6 Å². The Morgan fingerprint density at radius 2 is 2.04 bits per heavy atom. The molecule has 4 rings (SSSR count). The number of rotatable bonds is 6. The Labute approximate surface area is 170 Å². The summed E-state index contributed by atoms with van der Waals surface area (Å²) in [6.07, 6.45) is 8.43. The number of aromatic nitrogens is 3. The molecule has 0 atom stereocenters. The highest BCUT2D eigenvalue weighted by Crippen LogP contribution is 2.41. The van der Waals surface area contributed by atoms with Gasteiger partial charge in [-0.3, -0.25) is 4.40 Å². The second-order valence-corrected chi connectivity index (χ2v) is 8.36. The molecular weight excluding hydrogens is 368 g/mol. The predicted molar refractivity (Wildman–Crippen MR) is 115 cm³/mol. The highest BCUT2D eigenvalue weighted by atomic mass is 32.1. The molecular formula is C21H28N6S. The quantitative estimate of drug-likeness (QED) is 0.492. The lowest BCUT2D eigenvalue weighted by Crippen LogP contribution is -2.46. The summed E-state index contributed by atoms with van der Waals surface area (Å²) in [6, 6.07) is 10.4. The van der Waals surface area contributed by atoms with Gasteiger partial charge >= 0.3 is 0 Å². The van der Waals surface area contributed by atoms with Gasteiger partial charge in [0.15, 0.2) is 17.4 Å². The molecule has 28 heavy (non-hydrogen) atoms. The zero-order valence-electron chi connectivity index (χ0n) is 16.4. The van der Waals surface area contributed by atoms with Crippen LogP contribution < -0.4 is 10.6 Å². The number of guanidine groups is 1. The van der Waals surface area contributed by atoms with Gasteiger partial charge in [-0.2, -0.15) is 0 Å². The molecule has 0 bridgehead atoms. The first kappa shape index (κ1) is 18.9. The smallest absolute Gasteiger partial charge is 0.191 e. The van der Waals surface area contributed by atoms with E-state index in [0.29, 0.717) is 6.54 Å². The van der Waals surface area contributed by atoms with Crippen LogP contribution in [0.15, 0.2) is 46.9 Å². The summed E-state index contributed by atoms with van der Waals surface area (Å²) in [4.78, 5) is 6.28. The second-order valence-electron chi connectivity index (χ2n) is 7.41. The summed E-state index contributed by atoms with van der Waals surface area (Å²) >= 11 is 1.88. The Kier molecular flexibility index (Phi) is 5.90. The van der Waals surface area contributed by atoms with E-state index >= 15 is 0 Å². The molecule has 2 N–H and O–H groups in total. The fraction of sp³-hybridized carbons (Fsp3) is 0.476. The first-order valence-corrected chi connectivity index (χ1v) is 11.0. The van der Waals surface area contributed by atoms with Crippen molar-refractivity contribution in [2.24, 2.45) is 4.99 Å². The van der Waals surface area contributed by atoms with E-state index in [1.54, 1.807) is 0 Å². The maximum atomic E-state index is 4.78. The molecule has 0 aliphatic heterocycles. The Hall–Kier alpha value is -2.41. The molecule has 3 aromatic heterocycles. The predicted octanol–water partition coefficient (Wildman–Crippen LogP) is 3.75. The number of nitrogens with zero attached hydrogens (tertiary/aromatic N) is 4. The topological polar surface area (TPSA) is 66.6 Å². The van der Waals surface area contributed by atoms with Crippen LogP contribution in [-0.4, -0.2) is 33.6 Å². The molecule has 1 aliphatic rings. The number of hydrogen-bond acceptors (Lipinski definition) is 4. The minimum absolute atomic E-state index is 0.226. The van der Waals surface area contributed by atoms with Gasteiger partial charge in [-0.25, -0.2) is 4.99 Å². The second kappa shape index (κ2) is 8.73. The normalized spacial score (nSPS) is 17.0. The first-order chi connectivity index (χ1) is 13.8. The molecule has 0 saturated heterocycles. The van der Waals surface area contributed by atoms with Gasteiger partial charge in [0.25, 0.3) is 0 Å². The monoisotopic (exact) mass is 396 g/mol. The number of thiophene rings is 1. The van der Waals surface area contributed by atoms with E-state index in [-0.39, 0.29) is 5.41 Å². The molecule has 0 amide bonds. The summed E-state index contributed by atoms with van der Waals surface area (Å²) in [6.45, 7) is 4.34. The molecule has 0 radical (unpaired) electrons. The Morgan fingerprint density at radius 3 is 2.82 bits per heavy atom. The molecule has 7 heteroatoms. The summed E-state index contributed by atoms with van der Waals surface area (Å²) < 4.78 is 1.99. The van der Waals surface area contributed by atoms with Crippen LogP contribution in [0.25, 0.3) is 5.65 Å². The minimum atomic E-state index is 0.226. The summed E-state index contributed by atoms with van der Waals surface area (Å²) in [7, 11) is 0. The van der Waals surface area contributed by atoms with Gasteiger partial charge in [-0.1, -0.05) is 31.4 Å². The van der Waals surface area contributed by atoms with E-state index < -0.39 is 0 Å². The van der Waals surface area contributed by atoms with Crippen molar-refractivity contribution in [2.45, 2.75) is 51.0 Å². The zero-order chi connectivity index (χ0) is 19.2. The average molecular weight is 397 g/mol. The van der Waals surface area contributed by atoms with Crippen molar-refractivity contribution in [3.63, 3.8) is 0 Å². The van der Waals surface area contributed by atoms with Crippen LogP contribution in [0, 0.1) is 0 Å². The summed E-state index contributed by atoms with van der Waals surface area (Å²) in [5.74, 6) is 1.69. The van der Waals surface area contributed by atoms with Crippen LogP contribution in [0.5, 0.6) is 0 Å². The number of aliphatic imine (C=N–C) groups is 1. The van der Waals surface area contributed by atoms with E-state index in [4.69, 9.17) is 4.99 Å². The highest BCUT2D eigenvalue weighted by Gasteiger charge is 2.34. The summed E-state index contributed by atoms with van der Waals surface area (Å²) in [5, 5.41) is 17.7. The standard InChI is InChI=1S/C21H28N6S/c1-2-22-20(23-15-19-26-25-18-10-4-7-13-27(18)19)24-16-21(11-5-3-6-12-21)17-9-8-14-28-17/h4,7-10,13-14H,2-3,5-6,11-12,15-16H2,1H3,(H2,22,23,24). The van der Waals surface area contributed by atoms with Crippen molar-refractivity contribution in [3.05, 3.63) is 52.6 Å². The van der Waals surface area contributed by atoms with E-state index in [1.807, 2.05) is 40.1 Å². The first-order valence-electron chi connectivity index (χ1n) is 10.2. The van der Waals surface area contributed by atoms with Gasteiger partial charge in [0.1, 0.15) is 6.54 Å². The number of hydrogen-bond donors (Lipinski definition) is 2. The Bertz CT molecular complexity index is 908. The summed E-state index contributed by atoms with van der Waals surface area (Å²) in [5.41, 5.74) is 1.08. The van der Waals surface area contributed by atoms with Crippen molar-refractivity contribution < 1.29 is 0 Å². The van der Waals surface area contributed by atoms with E-state index in [1.165, 1.54) is 37.0 Å². The van der Waals surface area contributed by atoms with Crippen LogP contribution in [0.3, 0.4) is 0 Å². The SMILES string of the molecule is CCNC(=NCc1nnc2ccccn12)NCC1(c2cccs2)CCCCC1. The lowest BCUT2D eigenvalue weighted by molar-refractivity contribution is 0.296. The number of pyridine rings is 1. The molecule has 1 saturated carbocycles. The maximum Gasteiger partial charge on any atom is 0.191 e. The third kappa shape index (κ3) is 4.04. The minimum Gasteiger partial charge on any atom is -0.357 e. The van der Waals surface area contributed by atoms with Crippen LogP contribution in [-0.2, 0) is 12.0 Å². The zero-order valence-corrected chi connectivity index (χ0v) is 17.2. The molecule has 0 spiro atoms. The number of fused-ring (bicyclic) bond motifs is 1. The molecule has 1 aliphatic carbocycles. The lowest BCUT2D eigenvalue weighted by Gasteiger charge is -2.37. The molecule has 6 nitrogen and oxygen atoms in total. The van der Waals surface area contributed by atoms with E-state index in [9.17, 15) is 0 Å². The average Bonchev–Trinajstić information content (AvgIpc) is 3.41. The fourth-order valence-electron chi connectivity index (χ4n) is 4.06. The maximum absolute atomic E-state index is 4.78. The fourth-order valence-corrected chi connectivity index (χ4v) is 5.05. The van der Waals surface area contributed by atoms with Gasteiger partial charge in [-0.05, 0) is 43.3 Å². The van der Waals surface area contributed by atoms with Crippen LogP contribution in [0.1, 0.15) is 49.7 Å². The van der Waals surface area contributed by atoms with Gasteiger partial charge < -0.3 is 10.6 Å². The van der Waals surface area contributed by atoms with Gasteiger partial charge in [0.05, 0.1) is 0 Å². The highest BCUT2D eigenvalue weighted by molar-refractivity contribution is 7.10. The van der Waals surface area contributed by atoms with E-state index in [2.05, 4.69) is 45.3 Å². The Balaban J connectivity index is 1.49. The molecule has 1 fully saturated rings. The number of nitrogens with one attached hydrogen (secondary N) is 2. The van der Waals surface area contributed by atoms with Crippen molar-refractivity contribution in [1.29, 1.82) is 0 Å². The molecule has 3 aromatic rings. The van der Waals surface area contributed by atoms with E-state index in [0.717, 1.165) is 30.5 Å². The van der Waals surface area contributed by atoms with Gasteiger partial charge in [-0.15, -0.1) is 21.5 Å². The van der Waals surface area contributed by atoms with Crippen molar-refractivity contribution in [3.8, 4) is 0 Å². The third-order valence-corrected chi connectivity index (χ3v) is 6.67. The van der Waals surface area contributed by atoms with Crippen molar-refractivity contribution in [2.75, 3.05) is 13.1 Å². The lowest BCUT2D eigenvalue weighted by atomic mass is 9.73. The van der Waals surface area contributed by atoms with Crippen molar-refractivity contribution in [1.82, 2.24) is 25.2 Å². The molecule has 0 aromatic carbocycles. The largest absolute Gasteiger partial charge is 0.357 e. The van der Waals surface area contributed by atoms with Crippen molar-refractivity contribution >= 4 is 22.9 Å². The molecule has 0 unspecified atom stereocenters.